The van der Waals surface area contributed by atoms with Crippen molar-refractivity contribution in [2.45, 2.75) is 18.9 Å². The molecule has 1 unspecified atom stereocenters. The topological polar surface area (TPSA) is 38.8 Å². The van der Waals surface area contributed by atoms with Gasteiger partial charge in [0.2, 0.25) is 0 Å². The van der Waals surface area contributed by atoms with Gasteiger partial charge in [0.05, 0.1) is 0 Å². The minimum Gasteiger partial charge on any atom is -0.482 e. The molecule has 1 atom stereocenters. The predicted molar refractivity (Wildman–Crippen MR) is 76.0 cm³/mol. The summed E-state index contributed by atoms with van der Waals surface area (Å²) in [6.45, 7) is 3.10. The molecule has 0 radical (unpaired) electrons. The van der Waals surface area contributed by atoms with E-state index in [0.29, 0.717) is 16.7 Å². The Morgan fingerprint density at radius 2 is 1.95 bits per heavy atom. The number of halogens is 1. The third kappa shape index (κ3) is 3.25. The van der Waals surface area contributed by atoms with Crippen LogP contribution in [-0.2, 0) is 9.53 Å². The Bertz CT molecular complexity index is 469. The second-order valence-corrected chi connectivity index (χ2v) is 5.85. The molecule has 1 aromatic rings. The standard InChI is InChI=1S/C15H18ClNO3/c16-12-1-3-13(4-2-12)19-10-15(18)20-14-9-17-7-5-11(14)6-8-17/h1-4,11,14H,5-10H2. The fourth-order valence-corrected chi connectivity index (χ4v) is 3.05. The van der Waals surface area contributed by atoms with Crippen LogP contribution in [0.15, 0.2) is 24.3 Å². The Labute approximate surface area is 123 Å². The van der Waals surface area contributed by atoms with E-state index in [1.54, 1.807) is 24.3 Å². The summed E-state index contributed by atoms with van der Waals surface area (Å²) in [4.78, 5) is 14.2. The summed E-state index contributed by atoms with van der Waals surface area (Å²) in [5.41, 5.74) is 0. The highest BCUT2D eigenvalue weighted by atomic mass is 35.5. The second kappa shape index (κ2) is 6.02. The van der Waals surface area contributed by atoms with Crippen LogP contribution in [0.25, 0.3) is 0 Å². The molecular weight excluding hydrogens is 278 g/mol. The van der Waals surface area contributed by atoms with Crippen molar-refractivity contribution in [1.29, 1.82) is 0 Å². The average Bonchev–Trinajstić information content (AvgIpc) is 2.48. The number of carbonyl (C=O) groups is 1. The number of hydrogen-bond donors (Lipinski definition) is 0. The van der Waals surface area contributed by atoms with Crippen molar-refractivity contribution in [2.24, 2.45) is 5.92 Å². The van der Waals surface area contributed by atoms with E-state index in [-0.39, 0.29) is 18.7 Å². The van der Waals surface area contributed by atoms with E-state index in [1.165, 1.54) is 0 Å². The zero-order valence-electron chi connectivity index (χ0n) is 11.3. The van der Waals surface area contributed by atoms with Gasteiger partial charge in [-0.3, -0.25) is 4.90 Å². The van der Waals surface area contributed by atoms with Crippen molar-refractivity contribution in [2.75, 3.05) is 26.2 Å². The molecule has 0 spiro atoms. The van der Waals surface area contributed by atoms with E-state index >= 15 is 0 Å². The molecule has 108 valence electrons. The highest BCUT2D eigenvalue weighted by Crippen LogP contribution is 2.29. The molecule has 2 bridgehead atoms. The first kappa shape index (κ1) is 13.7. The van der Waals surface area contributed by atoms with Gasteiger partial charge in [-0.25, -0.2) is 4.79 Å². The van der Waals surface area contributed by atoms with Crippen LogP contribution < -0.4 is 4.74 Å². The molecule has 0 aliphatic carbocycles. The number of rotatable bonds is 4. The van der Waals surface area contributed by atoms with Crippen molar-refractivity contribution >= 4 is 17.6 Å². The summed E-state index contributed by atoms with van der Waals surface area (Å²) in [6, 6.07) is 6.94. The van der Waals surface area contributed by atoms with E-state index in [1.807, 2.05) is 0 Å². The van der Waals surface area contributed by atoms with Crippen molar-refractivity contribution in [3.8, 4) is 5.75 Å². The van der Waals surface area contributed by atoms with Gasteiger partial charge in [-0.05, 0) is 56.1 Å². The fourth-order valence-electron chi connectivity index (χ4n) is 2.92. The summed E-state index contributed by atoms with van der Waals surface area (Å²) >= 11 is 5.79. The molecule has 4 rings (SSSR count). The summed E-state index contributed by atoms with van der Waals surface area (Å²) < 4.78 is 10.9. The minimum atomic E-state index is -0.293. The van der Waals surface area contributed by atoms with Crippen molar-refractivity contribution in [1.82, 2.24) is 4.90 Å². The van der Waals surface area contributed by atoms with Crippen LogP contribution in [0.2, 0.25) is 5.02 Å². The molecule has 0 amide bonds. The van der Waals surface area contributed by atoms with Gasteiger partial charge in [-0.15, -0.1) is 0 Å². The molecule has 3 aliphatic heterocycles. The van der Waals surface area contributed by atoms with Crippen LogP contribution in [0.5, 0.6) is 5.75 Å². The van der Waals surface area contributed by atoms with Gasteiger partial charge < -0.3 is 9.47 Å². The molecule has 1 aromatic carbocycles. The number of hydrogen-bond acceptors (Lipinski definition) is 4. The van der Waals surface area contributed by atoms with Crippen molar-refractivity contribution in [3.05, 3.63) is 29.3 Å². The molecule has 3 heterocycles. The Balaban J connectivity index is 1.46. The molecule has 0 aromatic heterocycles. The Morgan fingerprint density at radius 1 is 1.25 bits per heavy atom. The molecule has 3 fully saturated rings. The molecule has 3 aliphatic rings. The lowest BCUT2D eigenvalue weighted by Gasteiger charge is -2.43. The lowest BCUT2D eigenvalue weighted by molar-refractivity contribution is -0.161. The number of ether oxygens (including phenoxy) is 2. The largest absolute Gasteiger partial charge is 0.482 e. The maximum Gasteiger partial charge on any atom is 0.344 e. The first-order valence-electron chi connectivity index (χ1n) is 7.01. The third-order valence-corrected chi connectivity index (χ3v) is 4.30. The lowest BCUT2D eigenvalue weighted by atomic mass is 9.86. The van der Waals surface area contributed by atoms with Crippen LogP contribution in [0.1, 0.15) is 12.8 Å². The quantitative estimate of drug-likeness (QED) is 0.799. The predicted octanol–water partition coefficient (Wildman–Crippen LogP) is 2.36. The number of fused-ring (bicyclic) bond motifs is 3. The maximum absolute atomic E-state index is 11.8. The number of carbonyl (C=O) groups excluding carboxylic acids is 1. The first-order chi connectivity index (χ1) is 9.70. The smallest absolute Gasteiger partial charge is 0.344 e. The minimum absolute atomic E-state index is 0.0406. The highest BCUT2D eigenvalue weighted by molar-refractivity contribution is 6.30. The van der Waals surface area contributed by atoms with E-state index in [4.69, 9.17) is 21.1 Å². The fraction of sp³-hybridized carbons (Fsp3) is 0.533. The zero-order chi connectivity index (χ0) is 13.9. The molecule has 20 heavy (non-hydrogen) atoms. The average molecular weight is 296 g/mol. The Kier molecular flexibility index (Phi) is 4.13. The normalized spacial score (nSPS) is 28.1. The molecule has 5 heteroatoms. The van der Waals surface area contributed by atoms with Crippen molar-refractivity contribution in [3.63, 3.8) is 0 Å². The molecule has 0 N–H and O–H groups in total. The SMILES string of the molecule is O=C(COc1ccc(Cl)cc1)OC1CN2CCC1CC2. The van der Waals surface area contributed by atoms with E-state index in [9.17, 15) is 4.79 Å². The van der Waals surface area contributed by atoms with Crippen molar-refractivity contribution < 1.29 is 14.3 Å². The van der Waals surface area contributed by atoms with Gasteiger partial charge in [0.1, 0.15) is 11.9 Å². The summed E-state index contributed by atoms with van der Waals surface area (Å²) in [5, 5.41) is 0.646. The monoisotopic (exact) mass is 295 g/mol. The van der Waals surface area contributed by atoms with E-state index in [0.717, 1.165) is 32.5 Å². The van der Waals surface area contributed by atoms with Gasteiger partial charge in [0.15, 0.2) is 6.61 Å². The van der Waals surface area contributed by atoms with Gasteiger partial charge in [0, 0.05) is 11.6 Å². The molecule has 4 nitrogen and oxygen atoms in total. The molecule has 0 saturated carbocycles. The van der Waals surface area contributed by atoms with E-state index in [2.05, 4.69) is 4.90 Å². The third-order valence-electron chi connectivity index (χ3n) is 4.05. The highest BCUT2D eigenvalue weighted by Gasteiger charge is 2.36. The first-order valence-corrected chi connectivity index (χ1v) is 7.39. The number of piperidine rings is 3. The number of benzene rings is 1. The van der Waals surface area contributed by atoms with E-state index < -0.39 is 0 Å². The Morgan fingerprint density at radius 3 is 2.55 bits per heavy atom. The number of nitrogens with zero attached hydrogens (tertiary/aromatic N) is 1. The van der Waals surface area contributed by atoms with Gasteiger partial charge in [-0.2, -0.15) is 0 Å². The van der Waals surface area contributed by atoms with Gasteiger partial charge >= 0.3 is 5.97 Å². The summed E-state index contributed by atoms with van der Waals surface area (Å²) in [6.07, 6.45) is 2.31. The number of esters is 1. The maximum atomic E-state index is 11.8. The summed E-state index contributed by atoms with van der Waals surface area (Å²) in [5.74, 6) is 0.860. The van der Waals surface area contributed by atoms with Crippen LogP contribution in [-0.4, -0.2) is 43.2 Å². The van der Waals surface area contributed by atoms with Crippen LogP contribution >= 0.6 is 11.6 Å². The van der Waals surface area contributed by atoms with Crippen LogP contribution in [0.3, 0.4) is 0 Å². The zero-order valence-corrected chi connectivity index (χ0v) is 12.0. The van der Waals surface area contributed by atoms with Gasteiger partial charge in [-0.1, -0.05) is 11.6 Å². The van der Waals surface area contributed by atoms with Gasteiger partial charge in [0.25, 0.3) is 0 Å². The summed E-state index contributed by atoms with van der Waals surface area (Å²) in [7, 11) is 0. The molecule has 3 saturated heterocycles. The van der Waals surface area contributed by atoms with Crippen LogP contribution in [0, 0.1) is 5.92 Å². The Hall–Kier alpha value is -1.26. The lowest BCUT2D eigenvalue weighted by Crippen LogP contribution is -2.52. The van der Waals surface area contributed by atoms with Crippen LogP contribution in [0.4, 0.5) is 0 Å². The molecular formula is C15H18ClNO3. The second-order valence-electron chi connectivity index (χ2n) is 5.41.